The Morgan fingerprint density at radius 2 is 2.43 bits per heavy atom. The first kappa shape index (κ1) is 9.74. The van der Waals surface area contributed by atoms with Crippen molar-refractivity contribution in [1.82, 2.24) is 10.6 Å². The summed E-state index contributed by atoms with van der Waals surface area (Å²) >= 11 is 0. The summed E-state index contributed by atoms with van der Waals surface area (Å²) in [5.41, 5.74) is 0. The molecule has 0 aliphatic carbocycles. The van der Waals surface area contributed by atoms with Gasteiger partial charge in [-0.05, 0) is 51.5 Å². The fourth-order valence-electron chi connectivity index (χ4n) is 2.19. The van der Waals surface area contributed by atoms with Gasteiger partial charge in [0.2, 0.25) is 0 Å². The number of furan rings is 1. The van der Waals surface area contributed by atoms with Crippen molar-refractivity contribution in [3.63, 3.8) is 0 Å². The molecule has 78 valence electrons. The minimum absolute atomic E-state index is 0.360. The van der Waals surface area contributed by atoms with Gasteiger partial charge in [0.25, 0.3) is 0 Å². The maximum Gasteiger partial charge on any atom is 0.121 e. The van der Waals surface area contributed by atoms with E-state index in [2.05, 4.69) is 16.7 Å². The average molecular weight is 194 g/mol. The van der Waals surface area contributed by atoms with Gasteiger partial charge in [-0.15, -0.1) is 0 Å². The Balaban J connectivity index is 2.12. The largest absolute Gasteiger partial charge is 0.465 e. The van der Waals surface area contributed by atoms with E-state index in [1.807, 2.05) is 20.0 Å². The van der Waals surface area contributed by atoms with E-state index in [4.69, 9.17) is 4.42 Å². The summed E-state index contributed by atoms with van der Waals surface area (Å²) in [7, 11) is 2.00. The molecule has 3 heteroatoms. The van der Waals surface area contributed by atoms with Crippen LogP contribution >= 0.6 is 0 Å². The highest BCUT2D eigenvalue weighted by molar-refractivity contribution is 5.11. The molecule has 0 spiro atoms. The lowest BCUT2D eigenvalue weighted by Gasteiger charge is -2.19. The zero-order chi connectivity index (χ0) is 9.97. The first-order valence-corrected chi connectivity index (χ1v) is 5.25. The molecule has 1 saturated heterocycles. The molecule has 2 rings (SSSR count). The van der Waals surface area contributed by atoms with Crippen LogP contribution in [0.4, 0.5) is 0 Å². The van der Waals surface area contributed by atoms with Gasteiger partial charge in [-0.1, -0.05) is 0 Å². The predicted molar refractivity (Wildman–Crippen MR) is 56.2 cm³/mol. The molecule has 3 nitrogen and oxygen atoms in total. The molecule has 2 heterocycles. The Morgan fingerprint density at radius 3 is 2.93 bits per heavy atom. The maximum absolute atomic E-state index is 5.66. The van der Waals surface area contributed by atoms with Gasteiger partial charge in [0.05, 0.1) is 6.04 Å². The van der Waals surface area contributed by atoms with Crippen molar-refractivity contribution >= 4 is 0 Å². The summed E-state index contributed by atoms with van der Waals surface area (Å²) in [5, 5.41) is 6.72. The van der Waals surface area contributed by atoms with Crippen molar-refractivity contribution in [2.75, 3.05) is 20.1 Å². The molecule has 14 heavy (non-hydrogen) atoms. The molecule has 1 fully saturated rings. The highest BCUT2D eigenvalue weighted by atomic mass is 16.3. The van der Waals surface area contributed by atoms with Crippen LogP contribution in [0.3, 0.4) is 0 Å². The van der Waals surface area contributed by atoms with Crippen LogP contribution in [0.25, 0.3) is 0 Å². The Bertz CT molecular complexity index is 289. The Hall–Kier alpha value is -0.800. The molecular formula is C11H18N2O. The standard InChI is InChI=1S/C11H18N2O/c1-8-3-4-10(14-8)11(12-2)9-5-6-13-7-9/h3-4,9,11-13H,5-7H2,1-2H3. The molecule has 0 amide bonds. The zero-order valence-electron chi connectivity index (χ0n) is 8.84. The Kier molecular flexibility index (Phi) is 2.89. The van der Waals surface area contributed by atoms with Gasteiger partial charge in [-0.25, -0.2) is 0 Å². The molecule has 0 aromatic carbocycles. The zero-order valence-corrected chi connectivity index (χ0v) is 8.84. The third-order valence-electron chi connectivity index (χ3n) is 2.95. The van der Waals surface area contributed by atoms with E-state index in [9.17, 15) is 0 Å². The first-order valence-electron chi connectivity index (χ1n) is 5.25. The lowest BCUT2D eigenvalue weighted by molar-refractivity contribution is 0.335. The quantitative estimate of drug-likeness (QED) is 0.765. The van der Waals surface area contributed by atoms with Crippen LogP contribution in [0.2, 0.25) is 0 Å². The van der Waals surface area contributed by atoms with E-state index < -0.39 is 0 Å². The van der Waals surface area contributed by atoms with E-state index in [1.54, 1.807) is 0 Å². The lowest BCUT2D eigenvalue weighted by atomic mass is 9.97. The SMILES string of the molecule is CNC(c1ccc(C)o1)C1CCNC1. The minimum Gasteiger partial charge on any atom is -0.465 e. The van der Waals surface area contributed by atoms with Crippen molar-refractivity contribution in [3.8, 4) is 0 Å². The Labute approximate surface area is 84.9 Å². The van der Waals surface area contributed by atoms with Crippen LogP contribution in [-0.2, 0) is 0 Å². The van der Waals surface area contributed by atoms with Crippen molar-refractivity contribution in [2.45, 2.75) is 19.4 Å². The number of aryl methyl sites for hydroxylation is 1. The molecule has 1 aliphatic heterocycles. The molecule has 0 bridgehead atoms. The second-order valence-electron chi connectivity index (χ2n) is 3.97. The number of nitrogens with one attached hydrogen (secondary N) is 2. The van der Waals surface area contributed by atoms with Gasteiger partial charge >= 0.3 is 0 Å². The fourth-order valence-corrected chi connectivity index (χ4v) is 2.19. The van der Waals surface area contributed by atoms with Crippen molar-refractivity contribution in [2.24, 2.45) is 5.92 Å². The molecule has 0 saturated carbocycles. The third-order valence-corrected chi connectivity index (χ3v) is 2.95. The minimum atomic E-state index is 0.360. The van der Waals surface area contributed by atoms with Gasteiger partial charge in [0, 0.05) is 0 Å². The van der Waals surface area contributed by atoms with Gasteiger partial charge in [-0.2, -0.15) is 0 Å². The van der Waals surface area contributed by atoms with Gasteiger partial charge in [-0.3, -0.25) is 0 Å². The smallest absolute Gasteiger partial charge is 0.121 e. The summed E-state index contributed by atoms with van der Waals surface area (Å²) in [5.74, 6) is 2.72. The summed E-state index contributed by atoms with van der Waals surface area (Å²) < 4.78 is 5.66. The summed E-state index contributed by atoms with van der Waals surface area (Å²) in [6, 6.07) is 4.47. The van der Waals surface area contributed by atoms with Gasteiger partial charge < -0.3 is 15.1 Å². The van der Waals surface area contributed by atoms with Crippen LogP contribution in [-0.4, -0.2) is 20.1 Å². The van der Waals surface area contributed by atoms with E-state index in [-0.39, 0.29) is 0 Å². The molecule has 2 atom stereocenters. The summed E-state index contributed by atoms with van der Waals surface area (Å²) in [6.45, 7) is 4.21. The normalized spacial score (nSPS) is 24.0. The Morgan fingerprint density at radius 1 is 1.57 bits per heavy atom. The average Bonchev–Trinajstić information content (AvgIpc) is 2.79. The van der Waals surface area contributed by atoms with Crippen molar-refractivity contribution in [3.05, 3.63) is 23.7 Å². The van der Waals surface area contributed by atoms with E-state index in [0.717, 1.165) is 24.6 Å². The van der Waals surface area contributed by atoms with Crippen molar-refractivity contribution < 1.29 is 4.42 Å². The third kappa shape index (κ3) is 1.83. The highest BCUT2D eigenvalue weighted by Gasteiger charge is 2.26. The molecular weight excluding hydrogens is 176 g/mol. The van der Waals surface area contributed by atoms with E-state index >= 15 is 0 Å². The summed E-state index contributed by atoms with van der Waals surface area (Å²) in [4.78, 5) is 0. The van der Waals surface area contributed by atoms with Crippen LogP contribution < -0.4 is 10.6 Å². The molecule has 2 unspecified atom stereocenters. The molecule has 2 N–H and O–H groups in total. The molecule has 1 aromatic heterocycles. The second kappa shape index (κ2) is 4.15. The fraction of sp³-hybridized carbons (Fsp3) is 0.636. The highest BCUT2D eigenvalue weighted by Crippen LogP contribution is 2.27. The van der Waals surface area contributed by atoms with Crippen LogP contribution in [0.5, 0.6) is 0 Å². The topological polar surface area (TPSA) is 37.2 Å². The van der Waals surface area contributed by atoms with Gasteiger partial charge in [0.1, 0.15) is 11.5 Å². The number of hydrogen-bond acceptors (Lipinski definition) is 3. The monoisotopic (exact) mass is 194 g/mol. The molecule has 1 aromatic rings. The van der Waals surface area contributed by atoms with Crippen LogP contribution in [0, 0.1) is 12.8 Å². The lowest BCUT2D eigenvalue weighted by Crippen LogP contribution is -2.26. The second-order valence-corrected chi connectivity index (χ2v) is 3.97. The maximum atomic E-state index is 5.66. The number of rotatable bonds is 3. The van der Waals surface area contributed by atoms with Crippen LogP contribution in [0.1, 0.15) is 24.0 Å². The van der Waals surface area contributed by atoms with Crippen LogP contribution in [0.15, 0.2) is 16.5 Å². The number of hydrogen-bond donors (Lipinski definition) is 2. The van der Waals surface area contributed by atoms with E-state index in [1.165, 1.54) is 6.42 Å². The molecule has 0 radical (unpaired) electrons. The van der Waals surface area contributed by atoms with E-state index in [0.29, 0.717) is 12.0 Å². The summed E-state index contributed by atoms with van der Waals surface area (Å²) in [6.07, 6.45) is 1.23. The van der Waals surface area contributed by atoms with Gasteiger partial charge in [0.15, 0.2) is 0 Å². The molecule has 1 aliphatic rings. The predicted octanol–water partition coefficient (Wildman–Crippen LogP) is 1.46. The van der Waals surface area contributed by atoms with Crippen molar-refractivity contribution in [1.29, 1.82) is 0 Å². The first-order chi connectivity index (χ1) is 6.81.